The maximum atomic E-state index is 6.08. The summed E-state index contributed by atoms with van der Waals surface area (Å²) in [5.74, 6) is 1.36. The third kappa shape index (κ3) is 2.73. The fourth-order valence-electron chi connectivity index (χ4n) is 3.25. The Kier molecular flexibility index (Phi) is 4.04. The molecule has 0 amide bonds. The van der Waals surface area contributed by atoms with Crippen LogP contribution < -0.4 is 0 Å². The Hall–Kier alpha value is -0.610. The highest BCUT2D eigenvalue weighted by Crippen LogP contribution is 2.38. The molecular formula is C15H19BrClN3. The van der Waals surface area contributed by atoms with Crippen LogP contribution in [0.5, 0.6) is 0 Å². The van der Waals surface area contributed by atoms with Crippen LogP contribution in [0.3, 0.4) is 0 Å². The number of fused-ring (bicyclic) bond motifs is 1. The average molecular weight is 357 g/mol. The smallest absolute Gasteiger partial charge is 0.160 e. The zero-order valence-corrected chi connectivity index (χ0v) is 14.0. The Morgan fingerprint density at radius 1 is 1.35 bits per heavy atom. The van der Waals surface area contributed by atoms with Gasteiger partial charge in [0.05, 0.1) is 5.88 Å². The number of aromatic nitrogens is 3. The highest BCUT2D eigenvalue weighted by molar-refractivity contribution is 9.10. The van der Waals surface area contributed by atoms with Crippen LogP contribution in [-0.2, 0) is 12.4 Å². The molecule has 1 saturated carbocycles. The van der Waals surface area contributed by atoms with E-state index in [4.69, 9.17) is 11.6 Å². The minimum atomic E-state index is 0.349. The SMILES string of the molecule is CC1(Cn2c(CCl)nc3cc(Br)cnc32)CCCCC1. The molecule has 0 unspecified atom stereocenters. The van der Waals surface area contributed by atoms with E-state index in [9.17, 15) is 0 Å². The second kappa shape index (κ2) is 5.64. The highest BCUT2D eigenvalue weighted by atomic mass is 79.9. The van der Waals surface area contributed by atoms with Gasteiger partial charge in [0.15, 0.2) is 5.65 Å². The monoisotopic (exact) mass is 355 g/mol. The van der Waals surface area contributed by atoms with Crippen molar-refractivity contribution in [2.24, 2.45) is 5.41 Å². The minimum absolute atomic E-state index is 0.349. The Bertz CT molecular complexity index is 617. The number of hydrogen-bond acceptors (Lipinski definition) is 2. The standard InChI is InChI=1S/C15H19BrClN3/c1-15(5-3-2-4-6-15)10-20-13(8-17)19-12-7-11(16)9-18-14(12)20/h7,9H,2-6,8,10H2,1H3. The number of alkyl halides is 1. The molecule has 2 heterocycles. The van der Waals surface area contributed by atoms with E-state index >= 15 is 0 Å². The van der Waals surface area contributed by atoms with Gasteiger partial charge in [-0.2, -0.15) is 0 Å². The zero-order valence-electron chi connectivity index (χ0n) is 11.7. The van der Waals surface area contributed by atoms with Crippen LogP contribution in [0.2, 0.25) is 0 Å². The lowest BCUT2D eigenvalue weighted by Crippen LogP contribution is -2.27. The number of hydrogen-bond donors (Lipinski definition) is 0. The second-order valence-electron chi connectivity index (χ2n) is 6.12. The quantitative estimate of drug-likeness (QED) is 0.732. The molecule has 3 rings (SSSR count). The van der Waals surface area contributed by atoms with E-state index in [-0.39, 0.29) is 0 Å². The fourth-order valence-corrected chi connectivity index (χ4v) is 3.77. The van der Waals surface area contributed by atoms with Gasteiger partial charge in [-0.05, 0) is 40.3 Å². The van der Waals surface area contributed by atoms with Gasteiger partial charge in [0.1, 0.15) is 11.3 Å². The molecule has 2 aromatic rings. The van der Waals surface area contributed by atoms with Gasteiger partial charge in [-0.25, -0.2) is 9.97 Å². The summed E-state index contributed by atoms with van der Waals surface area (Å²) in [5.41, 5.74) is 2.23. The van der Waals surface area contributed by atoms with Gasteiger partial charge in [-0.1, -0.05) is 26.2 Å². The number of pyridine rings is 1. The van der Waals surface area contributed by atoms with E-state index in [1.807, 2.05) is 12.3 Å². The average Bonchev–Trinajstić information content (AvgIpc) is 2.76. The van der Waals surface area contributed by atoms with E-state index in [0.717, 1.165) is 28.0 Å². The van der Waals surface area contributed by atoms with Crippen molar-refractivity contribution in [2.45, 2.75) is 51.5 Å². The fraction of sp³-hybridized carbons (Fsp3) is 0.600. The molecule has 0 aromatic carbocycles. The van der Waals surface area contributed by atoms with Crippen molar-refractivity contribution >= 4 is 38.7 Å². The van der Waals surface area contributed by atoms with Gasteiger partial charge in [0, 0.05) is 17.2 Å². The van der Waals surface area contributed by atoms with Crippen LogP contribution in [0.1, 0.15) is 44.9 Å². The number of imidazole rings is 1. The molecule has 0 spiro atoms. The number of nitrogens with zero attached hydrogens (tertiary/aromatic N) is 3. The van der Waals surface area contributed by atoms with Gasteiger partial charge in [-0.3, -0.25) is 0 Å². The van der Waals surface area contributed by atoms with Crippen LogP contribution in [-0.4, -0.2) is 14.5 Å². The first-order valence-corrected chi connectivity index (χ1v) is 8.51. The molecule has 0 radical (unpaired) electrons. The first kappa shape index (κ1) is 14.3. The van der Waals surface area contributed by atoms with Crippen LogP contribution in [0.15, 0.2) is 16.7 Å². The molecular weight excluding hydrogens is 338 g/mol. The highest BCUT2D eigenvalue weighted by Gasteiger charge is 2.29. The summed E-state index contributed by atoms with van der Waals surface area (Å²) in [4.78, 5) is 9.17. The van der Waals surface area contributed by atoms with Gasteiger partial charge in [0.25, 0.3) is 0 Å². The number of rotatable bonds is 3. The van der Waals surface area contributed by atoms with Crippen LogP contribution >= 0.6 is 27.5 Å². The lowest BCUT2D eigenvalue weighted by Gasteiger charge is -2.34. The molecule has 5 heteroatoms. The van der Waals surface area contributed by atoms with E-state index in [1.165, 1.54) is 32.1 Å². The molecule has 1 aliphatic rings. The normalized spacial score (nSPS) is 18.6. The third-order valence-electron chi connectivity index (χ3n) is 4.35. The summed E-state index contributed by atoms with van der Waals surface area (Å²) in [6.07, 6.45) is 8.43. The Morgan fingerprint density at radius 3 is 2.80 bits per heavy atom. The molecule has 1 fully saturated rings. The van der Waals surface area contributed by atoms with E-state index in [0.29, 0.717) is 11.3 Å². The van der Waals surface area contributed by atoms with Crippen LogP contribution in [0.25, 0.3) is 11.2 Å². The van der Waals surface area contributed by atoms with E-state index in [1.54, 1.807) is 0 Å². The van der Waals surface area contributed by atoms with Crippen molar-refractivity contribution in [1.82, 2.24) is 14.5 Å². The Labute approximate surface area is 132 Å². The molecule has 0 N–H and O–H groups in total. The van der Waals surface area contributed by atoms with Crippen molar-refractivity contribution < 1.29 is 0 Å². The maximum absolute atomic E-state index is 6.08. The zero-order chi connectivity index (χ0) is 14.2. The second-order valence-corrected chi connectivity index (χ2v) is 7.30. The summed E-state index contributed by atoms with van der Waals surface area (Å²) in [6.45, 7) is 3.36. The molecule has 108 valence electrons. The Balaban J connectivity index is 2.01. The summed E-state index contributed by atoms with van der Waals surface area (Å²) in [6, 6.07) is 2.01. The lowest BCUT2D eigenvalue weighted by atomic mass is 9.75. The predicted molar refractivity (Wildman–Crippen MR) is 86.0 cm³/mol. The van der Waals surface area contributed by atoms with E-state index < -0.39 is 0 Å². The summed E-state index contributed by atoms with van der Waals surface area (Å²) in [7, 11) is 0. The van der Waals surface area contributed by atoms with Crippen molar-refractivity contribution in [3.63, 3.8) is 0 Å². The summed E-state index contributed by atoms with van der Waals surface area (Å²) >= 11 is 9.54. The first-order chi connectivity index (χ1) is 9.61. The predicted octanol–water partition coefficient (Wildman–Crippen LogP) is 4.90. The molecule has 0 atom stereocenters. The van der Waals surface area contributed by atoms with Gasteiger partial charge >= 0.3 is 0 Å². The minimum Gasteiger partial charge on any atom is -0.311 e. The van der Waals surface area contributed by atoms with Crippen LogP contribution in [0.4, 0.5) is 0 Å². The van der Waals surface area contributed by atoms with E-state index in [2.05, 4.69) is 37.4 Å². The Morgan fingerprint density at radius 2 is 2.10 bits per heavy atom. The van der Waals surface area contributed by atoms with Crippen molar-refractivity contribution in [1.29, 1.82) is 0 Å². The van der Waals surface area contributed by atoms with Crippen molar-refractivity contribution in [2.75, 3.05) is 0 Å². The molecule has 0 saturated heterocycles. The summed E-state index contributed by atoms with van der Waals surface area (Å²) in [5, 5.41) is 0. The first-order valence-electron chi connectivity index (χ1n) is 7.18. The van der Waals surface area contributed by atoms with Crippen molar-refractivity contribution in [3.05, 3.63) is 22.6 Å². The van der Waals surface area contributed by atoms with Gasteiger partial charge in [-0.15, -0.1) is 11.6 Å². The van der Waals surface area contributed by atoms with Gasteiger partial charge < -0.3 is 4.57 Å². The topological polar surface area (TPSA) is 30.7 Å². The largest absolute Gasteiger partial charge is 0.311 e. The van der Waals surface area contributed by atoms with Crippen LogP contribution in [0, 0.1) is 5.41 Å². The lowest BCUT2D eigenvalue weighted by molar-refractivity contribution is 0.183. The van der Waals surface area contributed by atoms with Crippen molar-refractivity contribution in [3.8, 4) is 0 Å². The third-order valence-corrected chi connectivity index (χ3v) is 5.02. The summed E-state index contributed by atoms with van der Waals surface area (Å²) < 4.78 is 3.18. The molecule has 0 aliphatic heterocycles. The molecule has 1 aliphatic carbocycles. The molecule has 0 bridgehead atoms. The van der Waals surface area contributed by atoms with Gasteiger partial charge in [0.2, 0.25) is 0 Å². The number of halogens is 2. The molecule has 2 aromatic heterocycles. The molecule has 20 heavy (non-hydrogen) atoms. The maximum Gasteiger partial charge on any atom is 0.160 e. The molecule has 3 nitrogen and oxygen atoms in total.